The van der Waals surface area contributed by atoms with Crippen molar-refractivity contribution in [3.8, 4) is 0 Å². The topological polar surface area (TPSA) is 62.7 Å². The molecule has 0 spiro atoms. The lowest BCUT2D eigenvalue weighted by molar-refractivity contribution is -0.143. The summed E-state index contributed by atoms with van der Waals surface area (Å²) in [6.07, 6.45) is 0.841. The number of pyridine rings is 1. The van der Waals surface area contributed by atoms with Crippen LogP contribution < -0.4 is 5.06 Å². The van der Waals surface area contributed by atoms with Crippen molar-refractivity contribution in [3.05, 3.63) is 96.3 Å². The molecule has 6 nitrogen and oxygen atoms in total. The predicted octanol–water partition coefficient (Wildman–Crippen LogP) is 3.13. The second-order valence-electron chi connectivity index (χ2n) is 7.16. The van der Waals surface area contributed by atoms with Crippen molar-refractivity contribution in [2.24, 2.45) is 5.92 Å². The molecule has 2 aliphatic rings. The average Bonchev–Trinajstić information content (AvgIpc) is 3.28. The molecule has 2 saturated heterocycles. The SMILES string of the molecule is O=C1[C@@H]2[C@H](ON(c3ccccc3)[C@@H]2c2ccccn2)C(=O)N1Cc1ccccc1. The number of carbonyl (C=O) groups is 2. The first-order valence-electron chi connectivity index (χ1n) is 9.55. The van der Waals surface area contributed by atoms with Crippen LogP contribution in [0.1, 0.15) is 17.3 Å². The summed E-state index contributed by atoms with van der Waals surface area (Å²) >= 11 is 0. The van der Waals surface area contributed by atoms with Gasteiger partial charge in [0.25, 0.3) is 5.91 Å². The maximum Gasteiger partial charge on any atom is 0.262 e. The van der Waals surface area contributed by atoms with Crippen molar-refractivity contribution in [2.75, 3.05) is 5.06 Å². The fourth-order valence-corrected chi connectivity index (χ4v) is 4.04. The third-order valence-corrected chi connectivity index (χ3v) is 5.39. The van der Waals surface area contributed by atoms with Crippen molar-refractivity contribution >= 4 is 17.5 Å². The van der Waals surface area contributed by atoms with Gasteiger partial charge in [-0.1, -0.05) is 54.6 Å². The normalized spacial score (nSPS) is 23.5. The summed E-state index contributed by atoms with van der Waals surface area (Å²) in [5.41, 5.74) is 2.39. The Kier molecular flexibility index (Phi) is 4.33. The van der Waals surface area contributed by atoms with Crippen LogP contribution in [0.15, 0.2) is 85.1 Å². The van der Waals surface area contributed by atoms with E-state index in [1.165, 1.54) is 4.90 Å². The molecule has 2 amide bonds. The molecule has 0 N–H and O–H groups in total. The van der Waals surface area contributed by atoms with Gasteiger partial charge in [-0.25, -0.2) is 5.06 Å². The van der Waals surface area contributed by atoms with Gasteiger partial charge >= 0.3 is 0 Å². The van der Waals surface area contributed by atoms with E-state index in [0.717, 1.165) is 11.3 Å². The third-order valence-electron chi connectivity index (χ3n) is 5.39. The first kappa shape index (κ1) is 17.6. The van der Waals surface area contributed by atoms with Crippen LogP contribution in [-0.4, -0.2) is 27.8 Å². The van der Waals surface area contributed by atoms with Crippen LogP contribution in [0.2, 0.25) is 0 Å². The highest BCUT2D eigenvalue weighted by Gasteiger charge is 2.60. The number of benzene rings is 2. The number of amides is 2. The van der Waals surface area contributed by atoms with Crippen molar-refractivity contribution in [2.45, 2.75) is 18.7 Å². The maximum absolute atomic E-state index is 13.3. The van der Waals surface area contributed by atoms with Crippen LogP contribution in [0, 0.1) is 5.92 Å². The molecular weight excluding hydrogens is 366 g/mol. The molecule has 5 rings (SSSR count). The lowest BCUT2D eigenvalue weighted by atomic mass is 9.93. The van der Waals surface area contributed by atoms with E-state index in [4.69, 9.17) is 4.84 Å². The van der Waals surface area contributed by atoms with Crippen LogP contribution in [-0.2, 0) is 21.0 Å². The molecule has 0 aliphatic carbocycles. The van der Waals surface area contributed by atoms with Gasteiger partial charge < -0.3 is 0 Å². The number of hydrogen-bond donors (Lipinski definition) is 0. The predicted molar refractivity (Wildman–Crippen MR) is 106 cm³/mol. The summed E-state index contributed by atoms with van der Waals surface area (Å²) in [6.45, 7) is 0.245. The lowest BCUT2D eigenvalue weighted by Gasteiger charge is -2.28. The number of likely N-dealkylation sites (tertiary alicyclic amines) is 1. The summed E-state index contributed by atoms with van der Waals surface area (Å²) in [5, 5.41) is 1.66. The molecule has 3 heterocycles. The van der Waals surface area contributed by atoms with Crippen molar-refractivity contribution in [1.29, 1.82) is 0 Å². The van der Waals surface area contributed by atoms with Crippen LogP contribution in [0.25, 0.3) is 0 Å². The number of fused-ring (bicyclic) bond motifs is 1. The number of rotatable bonds is 4. The Morgan fingerprint density at radius 3 is 2.21 bits per heavy atom. The van der Waals surface area contributed by atoms with E-state index >= 15 is 0 Å². The van der Waals surface area contributed by atoms with Gasteiger partial charge in [-0.2, -0.15) is 0 Å². The Morgan fingerprint density at radius 2 is 1.52 bits per heavy atom. The van der Waals surface area contributed by atoms with E-state index in [0.29, 0.717) is 5.69 Å². The Hall–Kier alpha value is -3.51. The van der Waals surface area contributed by atoms with Gasteiger partial charge in [-0.15, -0.1) is 0 Å². The highest BCUT2D eigenvalue weighted by molar-refractivity contribution is 6.07. The average molecular weight is 385 g/mol. The van der Waals surface area contributed by atoms with E-state index in [2.05, 4.69) is 4.98 Å². The van der Waals surface area contributed by atoms with Crippen molar-refractivity contribution in [1.82, 2.24) is 9.88 Å². The maximum atomic E-state index is 13.3. The Morgan fingerprint density at radius 1 is 0.828 bits per heavy atom. The van der Waals surface area contributed by atoms with Crippen molar-refractivity contribution < 1.29 is 14.4 Å². The largest absolute Gasteiger partial charge is 0.275 e. The molecule has 29 heavy (non-hydrogen) atoms. The van der Waals surface area contributed by atoms with Gasteiger partial charge in [0.05, 0.1) is 17.9 Å². The zero-order chi connectivity index (χ0) is 19.8. The number of hydroxylamine groups is 1. The summed E-state index contributed by atoms with van der Waals surface area (Å²) in [6, 6.07) is 24.1. The second-order valence-corrected chi connectivity index (χ2v) is 7.16. The third kappa shape index (κ3) is 2.98. The van der Waals surface area contributed by atoms with Crippen molar-refractivity contribution in [3.63, 3.8) is 0 Å². The highest BCUT2D eigenvalue weighted by Crippen LogP contribution is 2.46. The molecule has 0 radical (unpaired) electrons. The van der Waals surface area contributed by atoms with E-state index in [1.807, 2.05) is 78.9 Å². The molecule has 0 saturated carbocycles. The summed E-state index contributed by atoms with van der Waals surface area (Å²) < 4.78 is 0. The highest BCUT2D eigenvalue weighted by atomic mass is 16.7. The minimum atomic E-state index is -0.849. The number of aromatic nitrogens is 1. The first-order valence-corrected chi connectivity index (χ1v) is 9.55. The molecule has 0 unspecified atom stereocenters. The minimum absolute atomic E-state index is 0.224. The Balaban J connectivity index is 1.52. The van der Waals surface area contributed by atoms with Gasteiger partial charge in [0.2, 0.25) is 5.91 Å². The molecule has 6 heteroatoms. The number of hydrogen-bond acceptors (Lipinski definition) is 5. The molecular formula is C23H19N3O3. The first-order chi connectivity index (χ1) is 14.2. The molecule has 144 valence electrons. The number of anilines is 1. The molecule has 2 aromatic carbocycles. The zero-order valence-electron chi connectivity index (χ0n) is 15.6. The summed E-state index contributed by atoms with van der Waals surface area (Å²) in [5.74, 6) is -1.16. The fraction of sp³-hybridized carbons (Fsp3) is 0.174. The molecule has 2 fully saturated rings. The Bertz CT molecular complexity index is 1030. The quantitative estimate of drug-likeness (QED) is 0.646. The van der Waals surface area contributed by atoms with E-state index in [1.54, 1.807) is 11.3 Å². The molecule has 3 aromatic rings. The van der Waals surface area contributed by atoms with Crippen LogP contribution in [0.3, 0.4) is 0 Å². The minimum Gasteiger partial charge on any atom is -0.275 e. The van der Waals surface area contributed by atoms with Crippen LogP contribution >= 0.6 is 0 Å². The van der Waals surface area contributed by atoms with E-state index in [-0.39, 0.29) is 18.4 Å². The molecule has 3 atom stereocenters. The van der Waals surface area contributed by atoms with Gasteiger partial charge in [-0.05, 0) is 29.8 Å². The molecule has 1 aromatic heterocycles. The van der Waals surface area contributed by atoms with Gasteiger partial charge in [-0.3, -0.25) is 24.3 Å². The number of para-hydroxylation sites is 1. The van der Waals surface area contributed by atoms with E-state index < -0.39 is 18.1 Å². The molecule has 0 bridgehead atoms. The smallest absolute Gasteiger partial charge is 0.262 e. The fourth-order valence-electron chi connectivity index (χ4n) is 4.04. The Labute approximate surface area is 168 Å². The van der Waals surface area contributed by atoms with Gasteiger partial charge in [0.15, 0.2) is 6.10 Å². The van der Waals surface area contributed by atoms with Gasteiger partial charge in [0.1, 0.15) is 12.0 Å². The summed E-state index contributed by atoms with van der Waals surface area (Å²) in [4.78, 5) is 38.3. The summed E-state index contributed by atoms with van der Waals surface area (Å²) in [7, 11) is 0. The van der Waals surface area contributed by atoms with Crippen LogP contribution in [0.5, 0.6) is 0 Å². The monoisotopic (exact) mass is 385 g/mol. The van der Waals surface area contributed by atoms with Gasteiger partial charge in [0, 0.05) is 6.20 Å². The number of imide groups is 1. The lowest BCUT2D eigenvalue weighted by Crippen LogP contribution is -2.37. The molecule has 2 aliphatic heterocycles. The zero-order valence-corrected chi connectivity index (χ0v) is 15.6. The second kappa shape index (κ2) is 7.14. The number of carbonyl (C=O) groups excluding carboxylic acids is 2. The van der Waals surface area contributed by atoms with E-state index in [9.17, 15) is 9.59 Å². The van der Waals surface area contributed by atoms with Crippen LogP contribution in [0.4, 0.5) is 5.69 Å². The standard InChI is InChI=1S/C23H19N3O3/c27-22-19-20(18-13-7-8-14-24-18)26(17-11-5-2-6-12-17)29-21(19)23(28)25(22)15-16-9-3-1-4-10-16/h1-14,19-21H,15H2/t19-,20+,21-/m0/s1. The number of nitrogens with zero attached hydrogens (tertiary/aromatic N) is 3.